The van der Waals surface area contributed by atoms with Crippen LogP contribution in [0.4, 0.5) is 5.69 Å². The average Bonchev–Trinajstić information content (AvgIpc) is 2.69. The highest BCUT2D eigenvalue weighted by Crippen LogP contribution is 2.18. The first-order valence-corrected chi connectivity index (χ1v) is 6.24. The molecule has 1 heterocycles. The van der Waals surface area contributed by atoms with Gasteiger partial charge in [-0.1, -0.05) is 0 Å². The number of carbonyl (C=O) groups excluding carboxylic acids is 1. The van der Waals surface area contributed by atoms with Gasteiger partial charge in [-0.3, -0.25) is 4.79 Å². The fourth-order valence-electron chi connectivity index (χ4n) is 1.31. The molecule has 0 fully saturated rings. The lowest BCUT2D eigenvalue weighted by Gasteiger charge is -2.20. The van der Waals surface area contributed by atoms with Crippen LogP contribution in [0, 0.1) is 0 Å². The number of hydrogen-bond donors (Lipinski definition) is 2. The van der Waals surface area contributed by atoms with E-state index in [9.17, 15) is 4.79 Å². The molecule has 0 aliphatic rings. The Labute approximate surface area is 100 Å². The normalized spacial score (nSPS) is 12.4. The van der Waals surface area contributed by atoms with Crippen LogP contribution >= 0.6 is 11.3 Å². The predicted octanol–water partition coefficient (Wildman–Crippen LogP) is 1.29. The Hall–Kier alpha value is -1.07. The van der Waals surface area contributed by atoms with Crippen LogP contribution in [-0.4, -0.2) is 30.4 Å². The second kappa shape index (κ2) is 5.86. The molecule has 90 valence electrons. The summed E-state index contributed by atoms with van der Waals surface area (Å²) >= 11 is 1.60. The van der Waals surface area contributed by atoms with Crippen molar-refractivity contribution in [2.45, 2.75) is 26.4 Å². The van der Waals surface area contributed by atoms with Gasteiger partial charge in [-0.2, -0.15) is 0 Å². The zero-order valence-electron chi connectivity index (χ0n) is 9.99. The highest BCUT2D eigenvalue weighted by molar-refractivity contribution is 7.10. The summed E-state index contributed by atoms with van der Waals surface area (Å²) < 4.78 is 0. The van der Waals surface area contributed by atoms with E-state index in [4.69, 9.17) is 5.73 Å². The van der Waals surface area contributed by atoms with Crippen molar-refractivity contribution in [2.24, 2.45) is 0 Å². The van der Waals surface area contributed by atoms with E-state index in [2.05, 4.69) is 5.32 Å². The van der Waals surface area contributed by atoms with Crippen molar-refractivity contribution in [1.29, 1.82) is 0 Å². The standard InChI is InChI=1S/C11H19N3OS/c1-4-14(3)11(15)8(2)13-7-10-9(12)5-6-16-10/h5-6,8,13H,4,7,12H2,1-3H3. The van der Waals surface area contributed by atoms with Crippen molar-refractivity contribution < 1.29 is 4.79 Å². The van der Waals surface area contributed by atoms with E-state index in [0.717, 1.165) is 17.1 Å². The van der Waals surface area contributed by atoms with Gasteiger partial charge in [-0.05, 0) is 25.3 Å². The Bertz CT molecular complexity index is 351. The summed E-state index contributed by atoms with van der Waals surface area (Å²) in [5.74, 6) is 0.109. The van der Waals surface area contributed by atoms with Gasteiger partial charge >= 0.3 is 0 Å². The number of nitrogens with zero attached hydrogens (tertiary/aromatic N) is 1. The second-order valence-electron chi connectivity index (χ2n) is 3.75. The van der Waals surface area contributed by atoms with Crippen molar-refractivity contribution in [3.8, 4) is 0 Å². The van der Waals surface area contributed by atoms with Gasteiger partial charge in [-0.15, -0.1) is 11.3 Å². The first-order chi connectivity index (χ1) is 7.56. The van der Waals surface area contributed by atoms with Crippen LogP contribution in [0.2, 0.25) is 0 Å². The molecular weight excluding hydrogens is 222 g/mol. The molecule has 16 heavy (non-hydrogen) atoms. The first-order valence-electron chi connectivity index (χ1n) is 5.36. The molecular formula is C11H19N3OS. The van der Waals surface area contributed by atoms with E-state index in [1.807, 2.05) is 25.3 Å². The Morgan fingerprint density at radius 1 is 1.69 bits per heavy atom. The molecule has 1 atom stereocenters. The molecule has 0 aliphatic carbocycles. The van der Waals surface area contributed by atoms with Crippen LogP contribution < -0.4 is 11.1 Å². The molecule has 4 nitrogen and oxygen atoms in total. The van der Waals surface area contributed by atoms with E-state index in [-0.39, 0.29) is 11.9 Å². The van der Waals surface area contributed by atoms with Gasteiger partial charge in [0.15, 0.2) is 0 Å². The summed E-state index contributed by atoms with van der Waals surface area (Å²) in [6.07, 6.45) is 0. The number of anilines is 1. The van der Waals surface area contributed by atoms with Gasteiger partial charge in [0, 0.05) is 30.7 Å². The molecule has 0 spiro atoms. The molecule has 0 saturated heterocycles. The van der Waals surface area contributed by atoms with Gasteiger partial charge in [-0.25, -0.2) is 0 Å². The fourth-order valence-corrected chi connectivity index (χ4v) is 2.06. The zero-order valence-corrected chi connectivity index (χ0v) is 10.8. The fraction of sp³-hybridized carbons (Fsp3) is 0.545. The van der Waals surface area contributed by atoms with Crippen molar-refractivity contribution in [1.82, 2.24) is 10.2 Å². The lowest BCUT2D eigenvalue weighted by Crippen LogP contribution is -2.42. The molecule has 0 aliphatic heterocycles. The van der Waals surface area contributed by atoms with Crippen LogP contribution in [0.5, 0.6) is 0 Å². The van der Waals surface area contributed by atoms with Crippen molar-refractivity contribution in [3.63, 3.8) is 0 Å². The number of thiophene rings is 1. The Morgan fingerprint density at radius 3 is 2.88 bits per heavy atom. The van der Waals surface area contributed by atoms with Gasteiger partial charge in [0.1, 0.15) is 0 Å². The Balaban J connectivity index is 2.44. The number of nitrogens with two attached hydrogens (primary N) is 1. The summed E-state index contributed by atoms with van der Waals surface area (Å²) in [7, 11) is 1.81. The van der Waals surface area contributed by atoms with E-state index < -0.39 is 0 Å². The van der Waals surface area contributed by atoms with Gasteiger partial charge in [0.25, 0.3) is 0 Å². The molecule has 1 amide bonds. The van der Waals surface area contributed by atoms with Gasteiger partial charge in [0.2, 0.25) is 5.91 Å². The number of likely N-dealkylation sites (N-methyl/N-ethyl adjacent to an activating group) is 1. The topological polar surface area (TPSA) is 58.4 Å². The van der Waals surface area contributed by atoms with Gasteiger partial charge < -0.3 is 16.0 Å². The number of carbonyl (C=O) groups is 1. The number of rotatable bonds is 5. The van der Waals surface area contributed by atoms with Gasteiger partial charge in [0.05, 0.1) is 6.04 Å². The monoisotopic (exact) mass is 241 g/mol. The van der Waals surface area contributed by atoms with Crippen LogP contribution in [0.3, 0.4) is 0 Å². The van der Waals surface area contributed by atoms with E-state index in [1.165, 1.54) is 0 Å². The van der Waals surface area contributed by atoms with Crippen LogP contribution in [0.25, 0.3) is 0 Å². The van der Waals surface area contributed by atoms with Crippen molar-refractivity contribution in [2.75, 3.05) is 19.3 Å². The molecule has 0 saturated carbocycles. The number of nitrogens with one attached hydrogen (secondary N) is 1. The first kappa shape index (κ1) is 13.0. The molecule has 0 radical (unpaired) electrons. The predicted molar refractivity (Wildman–Crippen MR) is 68.3 cm³/mol. The largest absolute Gasteiger partial charge is 0.398 e. The smallest absolute Gasteiger partial charge is 0.239 e. The Morgan fingerprint density at radius 2 is 2.38 bits per heavy atom. The highest BCUT2D eigenvalue weighted by atomic mass is 32.1. The van der Waals surface area contributed by atoms with E-state index in [0.29, 0.717) is 6.54 Å². The summed E-state index contributed by atoms with van der Waals surface area (Å²) in [6, 6.07) is 1.71. The molecule has 0 aromatic carbocycles. The van der Waals surface area contributed by atoms with E-state index in [1.54, 1.807) is 23.3 Å². The minimum Gasteiger partial charge on any atom is -0.398 e. The quantitative estimate of drug-likeness (QED) is 0.816. The summed E-state index contributed by atoms with van der Waals surface area (Å²) in [4.78, 5) is 14.5. The number of hydrogen-bond acceptors (Lipinski definition) is 4. The number of amides is 1. The molecule has 0 bridgehead atoms. The zero-order chi connectivity index (χ0) is 12.1. The maximum absolute atomic E-state index is 11.8. The Kier molecular flexibility index (Phi) is 4.76. The van der Waals surface area contributed by atoms with E-state index >= 15 is 0 Å². The van der Waals surface area contributed by atoms with Crippen molar-refractivity contribution in [3.05, 3.63) is 16.3 Å². The SMILES string of the molecule is CCN(C)C(=O)C(C)NCc1sccc1N. The second-order valence-corrected chi connectivity index (χ2v) is 4.75. The third kappa shape index (κ3) is 3.21. The minimum absolute atomic E-state index is 0.109. The molecule has 3 N–H and O–H groups in total. The summed E-state index contributed by atoms with van der Waals surface area (Å²) in [6.45, 7) is 5.21. The number of nitrogen functional groups attached to an aromatic ring is 1. The molecule has 1 aromatic rings. The third-order valence-corrected chi connectivity index (χ3v) is 3.51. The molecule has 5 heteroatoms. The van der Waals surface area contributed by atoms with Crippen LogP contribution in [0.1, 0.15) is 18.7 Å². The molecule has 1 unspecified atom stereocenters. The maximum Gasteiger partial charge on any atom is 0.239 e. The summed E-state index contributed by atoms with van der Waals surface area (Å²) in [5.41, 5.74) is 6.56. The highest BCUT2D eigenvalue weighted by Gasteiger charge is 2.15. The average molecular weight is 241 g/mol. The molecule has 1 rings (SSSR count). The lowest BCUT2D eigenvalue weighted by molar-refractivity contribution is -0.131. The van der Waals surface area contributed by atoms with Crippen LogP contribution in [0.15, 0.2) is 11.4 Å². The lowest BCUT2D eigenvalue weighted by atomic mass is 10.3. The molecule has 1 aromatic heterocycles. The third-order valence-electron chi connectivity index (χ3n) is 2.57. The van der Waals surface area contributed by atoms with Crippen LogP contribution in [-0.2, 0) is 11.3 Å². The minimum atomic E-state index is -0.175. The maximum atomic E-state index is 11.8. The summed E-state index contributed by atoms with van der Waals surface area (Å²) in [5, 5.41) is 5.14. The van der Waals surface area contributed by atoms with Crippen molar-refractivity contribution >= 4 is 22.9 Å².